The average Bonchev–Trinajstić information content (AvgIpc) is 3.40. The Morgan fingerprint density at radius 2 is 1.76 bits per heavy atom. The number of nitrogens with one attached hydrogen (secondary N) is 1. The second-order valence-corrected chi connectivity index (χ2v) is 10.0. The molecule has 168 valence electrons. The van der Waals surface area contributed by atoms with E-state index >= 15 is 0 Å². The summed E-state index contributed by atoms with van der Waals surface area (Å²) in [5, 5.41) is 3.94. The van der Waals surface area contributed by atoms with Gasteiger partial charge < -0.3 is 19.4 Å². The van der Waals surface area contributed by atoms with Gasteiger partial charge in [-0.05, 0) is 35.9 Å². The van der Waals surface area contributed by atoms with E-state index in [0.717, 1.165) is 0 Å². The number of amides is 1. The largest absolute Gasteiger partial charge is 0.454 e. The molecule has 1 aliphatic rings. The predicted molar refractivity (Wildman–Crippen MR) is 125 cm³/mol. The maximum atomic E-state index is 13.2. The van der Waals surface area contributed by atoms with Crippen LogP contribution in [-0.4, -0.2) is 25.7 Å². The summed E-state index contributed by atoms with van der Waals surface area (Å²) in [4.78, 5) is 12.9. The van der Waals surface area contributed by atoms with Crippen molar-refractivity contribution in [2.45, 2.75) is 17.2 Å². The molecule has 5 rings (SSSR count). The monoisotopic (exact) mass is 482 g/mol. The van der Waals surface area contributed by atoms with E-state index in [1.165, 1.54) is 6.20 Å². The van der Waals surface area contributed by atoms with Gasteiger partial charge in [0.1, 0.15) is 6.54 Å². The summed E-state index contributed by atoms with van der Waals surface area (Å²) < 4.78 is 38.7. The Labute approximate surface area is 195 Å². The highest BCUT2D eigenvalue weighted by atomic mass is 35.5. The zero-order valence-corrected chi connectivity index (χ0v) is 18.9. The zero-order chi connectivity index (χ0) is 23.0. The van der Waals surface area contributed by atoms with E-state index in [1.54, 1.807) is 65.2 Å². The van der Waals surface area contributed by atoms with Crippen molar-refractivity contribution in [3.05, 3.63) is 83.5 Å². The van der Waals surface area contributed by atoms with Crippen molar-refractivity contribution in [3.8, 4) is 11.5 Å². The summed E-state index contributed by atoms with van der Waals surface area (Å²) in [7, 11) is -3.66. The van der Waals surface area contributed by atoms with E-state index in [2.05, 4.69) is 5.32 Å². The molecule has 33 heavy (non-hydrogen) atoms. The molecule has 0 atom stereocenters. The molecule has 1 N–H and O–H groups in total. The third kappa shape index (κ3) is 4.40. The van der Waals surface area contributed by atoms with Gasteiger partial charge >= 0.3 is 0 Å². The van der Waals surface area contributed by atoms with Gasteiger partial charge in [0.25, 0.3) is 0 Å². The molecule has 0 spiro atoms. The number of carbonyl (C=O) groups is 1. The summed E-state index contributed by atoms with van der Waals surface area (Å²) in [5.74, 6) is 0.729. The van der Waals surface area contributed by atoms with Gasteiger partial charge in [0.2, 0.25) is 12.7 Å². The molecule has 4 aromatic rings. The Bertz CT molecular complexity index is 1460. The standard InChI is InChI=1S/C24H19ClN2O5S/c25-17-7-5-16(6-8-17)14-33(29,30)23-12-27(20-4-2-1-3-19(20)23)13-24(28)26-18-9-10-21-22(11-18)32-15-31-21/h1-12H,13-15H2,(H,26,28). The lowest BCUT2D eigenvalue weighted by atomic mass is 10.2. The van der Waals surface area contributed by atoms with Gasteiger partial charge in [-0.1, -0.05) is 41.9 Å². The number of halogens is 1. The third-order valence-corrected chi connectivity index (χ3v) is 7.29. The van der Waals surface area contributed by atoms with Crippen LogP contribution in [0.3, 0.4) is 0 Å². The quantitative estimate of drug-likeness (QED) is 0.433. The molecular weight excluding hydrogens is 464 g/mol. The minimum atomic E-state index is -3.66. The van der Waals surface area contributed by atoms with Crippen LogP contribution in [0.25, 0.3) is 10.9 Å². The fourth-order valence-corrected chi connectivity index (χ4v) is 5.51. The molecule has 0 aliphatic carbocycles. The first-order chi connectivity index (χ1) is 15.9. The lowest BCUT2D eigenvalue weighted by Gasteiger charge is -2.08. The average molecular weight is 483 g/mol. The first kappa shape index (κ1) is 21.4. The molecular formula is C24H19ClN2O5S. The lowest BCUT2D eigenvalue weighted by molar-refractivity contribution is -0.116. The molecule has 7 nitrogen and oxygen atoms in total. The fourth-order valence-electron chi connectivity index (χ4n) is 3.80. The van der Waals surface area contributed by atoms with Crippen molar-refractivity contribution in [2.75, 3.05) is 12.1 Å². The summed E-state index contributed by atoms with van der Waals surface area (Å²) in [6, 6.07) is 19.0. The number of para-hydroxylation sites is 1. The Morgan fingerprint density at radius 3 is 2.58 bits per heavy atom. The molecule has 3 aromatic carbocycles. The van der Waals surface area contributed by atoms with E-state index in [-0.39, 0.29) is 29.9 Å². The first-order valence-electron chi connectivity index (χ1n) is 10.1. The fraction of sp³-hybridized carbons (Fsp3) is 0.125. The Morgan fingerprint density at radius 1 is 1.00 bits per heavy atom. The molecule has 2 heterocycles. The van der Waals surface area contributed by atoms with E-state index in [9.17, 15) is 13.2 Å². The topological polar surface area (TPSA) is 86.6 Å². The van der Waals surface area contributed by atoms with Crippen LogP contribution in [0.5, 0.6) is 11.5 Å². The summed E-state index contributed by atoms with van der Waals surface area (Å²) in [6.07, 6.45) is 1.52. The van der Waals surface area contributed by atoms with E-state index in [4.69, 9.17) is 21.1 Å². The maximum Gasteiger partial charge on any atom is 0.244 e. The van der Waals surface area contributed by atoms with Gasteiger partial charge in [-0.15, -0.1) is 0 Å². The van der Waals surface area contributed by atoms with E-state index in [0.29, 0.717) is 38.7 Å². The number of ether oxygens (including phenoxy) is 2. The van der Waals surface area contributed by atoms with Crippen molar-refractivity contribution >= 4 is 43.9 Å². The number of fused-ring (bicyclic) bond motifs is 2. The van der Waals surface area contributed by atoms with Crippen molar-refractivity contribution in [1.29, 1.82) is 0 Å². The van der Waals surface area contributed by atoms with Gasteiger partial charge in [-0.3, -0.25) is 4.79 Å². The highest BCUT2D eigenvalue weighted by Crippen LogP contribution is 2.34. The smallest absolute Gasteiger partial charge is 0.244 e. The number of aromatic nitrogens is 1. The SMILES string of the molecule is O=C(Cn1cc(S(=O)(=O)Cc2ccc(Cl)cc2)c2ccccc21)Nc1ccc2c(c1)OCO2. The van der Waals surface area contributed by atoms with Crippen LogP contribution < -0.4 is 14.8 Å². The Kier molecular flexibility index (Phi) is 5.47. The first-order valence-corrected chi connectivity index (χ1v) is 12.2. The number of anilines is 1. The van der Waals surface area contributed by atoms with Crippen molar-refractivity contribution in [3.63, 3.8) is 0 Å². The molecule has 1 aromatic heterocycles. The molecule has 0 fully saturated rings. The van der Waals surface area contributed by atoms with Crippen molar-refractivity contribution in [2.24, 2.45) is 0 Å². The minimum absolute atomic E-state index is 0.0502. The van der Waals surface area contributed by atoms with Crippen molar-refractivity contribution in [1.82, 2.24) is 4.57 Å². The third-order valence-electron chi connectivity index (χ3n) is 5.33. The van der Waals surface area contributed by atoms with Crippen LogP contribution in [0.1, 0.15) is 5.56 Å². The van der Waals surface area contributed by atoms with Gasteiger partial charge in [-0.25, -0.2) is 8.42 Å². The van der Waals surface area contributed by atoms with Crippen LogP contribution in [0.2, 0.25) is 5.02 Å². The van der Waals surface area contributed by atoms with E-state index in [1.807, 2.05) is 6.07 Å². The number of hydrogen-bond donors (Lipinski definition) is 1. The predicted octanol–water partition coefficient (Wildman–Crippen LogP) is 4.64. The normalized spacial score (nSPS) is 12.8. The van der Waals surface area contributed by atoms with Gasteiger partial charge in [0.15, 0.2) is 21.3 Å². The van der Waals surface area contributed by atoms with Gasteiger partial charge in [0, 0.05) is 33.9 Å². The zero-order valence-electron chi connectivity index (χ0n) is 17.3. The van der Waals surface area contributed by atoms with Gasteiger partial charge in [-0.2, -0.15) is 0 Å². The van der Waals surface area contributed by atoms with Gasteiger partial charge in [0.05, 0.1) is 10.6 Å². The summed E-state index contributed by atoms with van der Waals surface area (Å²) in [5.41, 5.74) is 1.86. The highest BCUT2D eigenvalue weighted by Gasteiger charge is 2.22. The van der Waals surface area contributed by atoms with Crippen LogP contribution in [-0.2, 0) is 26.9 Å². The van der Waals surface area contributed by atoms with Crippen LogP contribution >= 0.6 is 11.6 Å². The highest BCUT2D eigenvalue weighted by molar-refractivity contribution is 7.90. The van der Waals surface area contributed by atoms with Crippen LogP contribution in [0, 0.1) is 0 Å². The molecule has 0 saturated heterocycles. The lowest BCUT2D eigenvalue weighted by Crippen LogP contribution is -2.18. The minimum Gasteiger partial charge on any atom is -0.454 e. The van der Waals surface area contributed by atoms with Crippen LogP contribution in [0.4, 0.5) is 5.69 Å². The van der Waals surface area contributed by atoms with E-state index < -0.39 is 9.84 Å². The molecule has 0 radical (unpaired) electrons. The number of benzene rings is 3. The summed E-state index contributed by atoms with van der Waals surface area (Å²) in [6.45, 7) is 0.0980. The molecule has 0 saturated carbocycles. The Balaban J connectivity index is 1.41. The number of nitrogens with zero attached hydrogens (tertiary/aromatic N) is 1. The van der Waals surface area contributed by atoms with Crippen LogP contribution in [0.15, 0.2) is 77.8 Å². The maximum absolute atomic E-state index is 13.2. The molecule has 1 aliphatic heterocycles. The number of carbonyl (C=O) groups excluding carboxylic acids is 1. The second-order valence-electron chi connectivity index (χ2n) is 7.64. The molecule has 1 amide bonds. The van der Waals surface area contributed by atoms with Crippen molar-refractivity contribution < 1.29 is 22.7 Å². The number of rotatable bonds is 6. The molecule has 9 heteroatoms. The molecule has 0 bridgehead atoms. The number of hydrogen-bond acceptors (Lipinski definition) is 5. The molecule has 0 unspecified atom stereocenters. The number of sulfone groups is 1. The Hall–Kier alpha value is -3.49. The second kappa shape index (κ2) is 8.46. The summed E-state index contributed by atoms with van der Waals surface area (Å²) >= 11 is 5.91.